The number of amides is 2. The maximum absolute atomic E-state index is 12.8. The normalized spacial score (nSPS) is 14.2. The molecule has 1 aliphatic heterocycles. The summed E-state index contributed by atoms with van der Waals surface area (Å²) in [6, 6.07) is 14.1. The number of hydrogen-bond acceptors (Lipinski definition) is 4. The molecule has 0 N–H and O–H groups in total. The Balaban J connectivity index is 1.72. The maximum atomic E-state index is 12.8. The van der Waals surface area contributed by atoms with Gasteiger partial charge >= 0.3 is 0 Å². The molecule has 0 saturated carbocycles. The molecule has 1 aliphatic rings. The Bertz CT molecular complexity index is 742. The summed E-state index contributed by atoms with van der Waals surface area (Å²) in [6.07, 6.45) is 2.53. The molecule has 0 bridgehead atoms. The van der Waals surface area contributed by atoms with E-state index in [1.807, 2.05) is 30.3 Å². The van der Waals surface area contributed by atoms with Crippen LogP contribution in [0.5, 0.6) is 0 Å². The lowest BCUT2D eigenvalue weighted by Crippen LogP contribution is -2.48. The number of rotatable bonds is 6. The number of carbonyl (C=O) groups is 2. The van der Waals surface area contributed by atoms with Gasteiger partial charge in [0.1, 0.15) is 5.69 Å². The highest BCUT2D eigenvalue weighted by atomic mass is 16.2. The number of pyridine rings is 1. The molecule has 136 valence electrons. The first-order valence-electron chi connectivity index (χ1n) is 8.95. The Morgan fingerprint density at radius 2 is 1.88 bits per heavy atom. The SMILES string of the molecule is CCN(Cc1ccccc1)c1ccnc(C(=O)N2CCN(C=O)CC2)c1. The largest absolute Gasteiger partial charge is 0.367 e. The molecular weight excluding hydrogens is 328 g/mol. The predicted octanol–water partition coefficient (Wildman–Crippen LogP) is 2.02. The molecular formula is C20H24N4O2. The fourth-order valence-corrected chi connectivity index (χ4v) is 3.11. The van der Waals surface area contributed by atoms with Crippen molar-refractivity contribution in [3.05, 3.63) is 59.9 Å². The number of carbonyl (C=O) groups excluding carboxylic acids is 2. The average molecular weight is 352 g/mol. The summed E-state index contributed by atoms with van der Waals surface area (Å²) >= 11 is 0. The molecule has 3 rings (SSSR count). The second-order valence-corrected chi connectivity index (χ2v) is 6.33. The van der Waals surface area contributed by atoms with E-state index in [2.05, 4.69) is 28.9 Å². The Morgan fingerprint density at radius 3 is 2.54 bits per heavy atom. The van der Waals surface area contributed by atoms with Gasteiger partial charge < -0.3 is 14.7 Å². The second kappa shape index (κ2) is 8.47. The van der Waals surface area contributed by atoms with E-state index in [1.54, 1.807) is 16.0 Å². The van der Waals surface area contributed by atoms with Gasteiger partial charge in [-0.15, -0.1) is 0 Å². The van der Waals surface area contributed by atoms with E-state index >= 15 is 0 Å². The van der Waals surface area contributed by atoms with Crippen molar-refractivity contribution in [2.45, 2.75) is 13.5 Å². The third-order valence-electron chi connectivity index (χ3n) is 4.68. The van der Waals surface area contributed by atoms with E-state index in [9.17, 15) is 9.59 Å². The van der Waals surface area contributed by atoms with Gasteiger partial charge in [0.25, 0.3) is 5.91 Å². The molecule has 1 fully saturated rings. The van der Waals surface area contributed by atoms with Crippen LogP contribution in [0, 0.1) is 0 Å². The van der Waals surface area contributed by atoms with Gasteiger partial charge in [-0.1, -0.05) is 30.3 Å². The number of benzene rings is 1. The van der Waals surface area contributed by atoms with Crippen LogP contribution in [0.2, 0.25) is 0 Å². The summed E-state index contributed by atoms with van der Waals surface area (Å²) in [5.74, 6) is -0.0758. The zero-order valence-electron chi connectivity index (χ0n) is 15.0. The van der Waals surface area contributed by atoms with Gasteiger partial charge in [0.2, 0.25) is 6.41 Å². The number of hydrogen-bond donors (Lipinski definition) is 0. The van der Waals surface area contributed by atoms with E-state index < -0.39 is 0 Å². The summed E-state index contributed by atoms with van der Waals surface area (Å²) in [4.78, 5) is 33.5. The van der Waals surface area contributed by atoms with E-state index in [-0.39, 0.29) is 5.91 Å². The van der Waals surface area contributed by atoms with Crippen molar-refractivity contribution in [1.29, 1.82) is 0 Å². The van der Waals surface area contributed by atoms with Gasteiger partial charge in [0.15, 0.2) is 0 Å². The van der Waals surface area contributed by atoms with Crippen molar-refractivity contribution < 1.29 is 9.59 Å². The highest BCUT2D eigenvalue weighted by Gasteiger charge is 2.22. The van der Waals surface area contributed by atoms with Crippen LogP contribution in [0.1, 0.15) is 23.0 Å². The van der Waals surface area contributed by atoms with Crippen LogP contribution in [-0.2, 0) is 11.3 Å². The molecule has 0 atom stereocenters. The second-order valence-electron chi connectivity index (χ2n) is 6.33. The summed E-state index contributed by atoms with van der Waals surface area (Å²) in [7, 11) is 0. The summed E-state index contributed by atoms with van der Waals surface area (Å²) in [5.41, 5.74) is 2.67. The Labute approximate surface area is 154 Å². The topological polar surface area (TPSA) is 56.8 Å². The highest BCUT2D eigenvalue weighted by molar-refractivity contribution is 5.93. The van der Waals surface area contributed by atoms with Gasteiger partial charge in [-0.2, -0.15) is 0 Å². The molecule has 0 radical (unpaired) electrons. The minimum atomic E-state index is -0.0758. The van der Waals surface area contributed by atoms with E-state index in [1.165, 1.54) is 5.56 Å². The van der Waals surface area contributed by atoms with Crippen molar-refractivity contribution in [1.82, 2.24) is 14.8 Å². The summed E-state index contributed by atoms with van der Waals surface area (Å²) in [6.45, 7) is 5.96. The van der Waals surface area contributed by atoms with Gasteiger partial charge in [0, 0.05) is 51.2 Å². The number of piperazine rings is 1. The first kappa shape index (κ1) is 17.9. The lowest BCUT2D eigenvalue weighted by atomic mass is 10.2. The molecule has 0 unspecified atom stereocenters. The fraction of sp³-hybridized carbons (Fsp3) is 0.350. The quantitative estimate of drug-likeness (QED) is 0.747. The molecule has 1 aromatic carbocycles. The van der Waals surface area contributed by atoms with Crippen molar-refractivity contribution in [3.63, 3.8) is 0 Å². The third-order valence-corrected chi connectivity index (χ3v) is 4.68. The average Bonchev–Trinajstić information content (AvgIpc) is 2.72. The number of aromatic nitrogens is 1. The van der Waals surface area contributed by atoms with Gasteiger partial charge in [-0.25, -0.2) is 0 Å². The Morgan fingerprint density at radius 1 is 1.15 bits per heavy atom. The van der Waals surface area contributed by atoms with Crippen LogP contribution in [-0.4, -0.2) is 59.8 Å². The van der Waals surface area contributed by atoms with Crippen LogP contribution in [0.15, 0.2) is 48.7 Å². The molecule has 0 spiro atoms. The van der Waals surface area contributed by atoms with Crippen molar-refractivity contribution in [3.8, 4) is 0 Å². The van der Waals surface area contributed by atoms with Crippen LogP contribution in [0.25, 0.3) is 0 Å². The smallest absolute Gasteiger partial charge is 0.272 e. The zero-order chi connectivity index (χ0) is 18.4. The molecule has 0 aliphatic carbocycles. The molecule has 1 saturated heterocycles. The van der Waals surface area contributed by atoms with Crippen molar-refractivity contribution in [2.24, 2.45) is 0 Å². The minimum absolute atomic E-state index is 0.0758. The molecule has 2 heterocycles. The highest BCUT2D eigenvalue weighted by Crippen LogP contribution is 2.18. The van der Waals surface area contributed by atoms with Crippen LogP contribution < -0.4 is 4.90 Å². The standard InChI is InChI=1S/C20H24N4O2/c1-2-23(15-17-6-4-3-5-7-17)18-8-9-21-19(14-18)20(26)24-12-10-22(16-25)11-13-24/h3-9,14,16H,2,10-13,15H2,1H3. The van der Waals surface area contributed by atoms with Gasteiger partial charge in [0.05, 0.1) is 0 Å². The first-order valence-corrected chi connectivity index (χ1v) is 8.95. The Hall–Kier alpha value is -2.89. The lowest BCUT2D eigenvalue weighted by molar-refractivity contribution is -0.119. The van der Waals surface area contributed by atoms with Crippen LogP contribution in [0.4, 0.5) is 5.69 Å². The summed E-state index contributed by atoms with van der Waals surface area (Å²) in [5, 5.41) is 0. The van der Waals surface area contributed by atoms with Gasteiger partial charge in [-0.3, -0.25) is 14.6 Å². The van der Waals surface area contributed by atoms with Crippen molar-refractivity contribution in [2.75, 3.05) is 37.6 Å². The van der Waals surface area contributed by atoms with Crippen molar-refractivity contribution >= 4 is 18.0 Å². The lowest BCUT2D eigenvalue weighted by Gasteiger charge is -2.32. The number of anilines is 1. The predicted molar refractivity (Wildman–Crippen MR) is 101 cm³/mol. The summed E-state index contributed by atoms with van der Waals surface area (Å²) < 4.78 is 0. The molecule has 1 aromatic heterocycles. The zero-order valence-corrected chi connectivity index (χ0v) is 15.0. The molecule has 6 heteroatoms. The monoisotopic (exact) mass is 352 g/mol. The number of nitrogens with zero attached hydrogens (tertiary/aromatic N) is 4. The van der Waals surface area contributed by atoms with E-state index in [4.69, 9.17) is 0 Å². The van der Waals surface area contributed by atoms with Crippen LogP contribution in [0.3, 0.4) is 0 Å². The molecule has 2 amide bonds. The Kier molecular flexibility index (Phi) is 5.84. The fourth-order valence-electron chi connectivity index (χ4n) is 3.11. The maximum Gasteiger partial charge on any atom is 0.272 e. The minimum Gasteiger partial charge on any atom is -0.367 e. The van der Waals surface area contributed by atoms with Crippen LogP contribution >= 0.6 is 0 Å². The van der Waals surface area contributed by atoms with E-state index in [0.29, 0.717) is 31.9 Å². The molecule has 26 heavy (non-hydrogen) atoms. The first-order chi connectivity index (χ1) is 12.7. The molecule has 6 nitrogen and oxygen atoms in total. The van der Waals surface area contributed by atoms with Gasteiger partial charge in [-0.05, 0) is 24.6 Å². The third kappa shape index (κ3) is 4.20. The molecule has 2 aromatic rings. The van der Waals surface area contributed by atoms with E-state index in [0.717, 1.165) is 25.2 Å².